The highest BCUT2D eigenvalue weighted by Crippen LogP contribution is 2.41. The normalized spacial score (nSPS) is 22.0. The molecule has 15 heteroatoms. The summed E-state index contributed by atoms with van der Waals surface area (Å²) < 4.78 is 86.9. The van der Waals surface area contributed by atoms with Gasteiger partial charge in [-0.15, -0.1) is 0 Å². The van der Waals surface area contributed by atoms with Crippen LogP contribution in [0.3, 0.4) is 0 Å². The molecule has 1 aromatic carbocycles. The largest absolute Gasteiger partial charge is 0.481 e. The van der Waals surface area contributed by atoms with Gasteiger partial charge in [0, 0.05) is 30.5 Å². The molecule has 8 nitrogen and oxygen atoms in total. The van der Waals surface area contributed by atoms with Crippen LogP contribution in [0, 0.1) is 11.8 Å². The topological polar surface area (TPSA) is 95.9 Å². The smallest absolute Gasteiger partial charge is 0.416 e. The van der Waals surface area contributed by atoms with Crippen molar-refractivity contribution in [1.29, 1.82) is 0 Å². The van der Waals surface area contributed by atoms with E-state index in [9.17, 15) is 35.9 Å². The number of nitrogens with zero attached hydrogens (tertiary/aromatic N) is 4. The molecule has 0 bridgehead atoms. The van der Waals surface area contributed by atoms with Crippen molar-refractivity contribution in [2.75, 3.05) is 18.0 Å². The lowest BCUT2D eigenvalue weighted by atomic mass is 9.80. The van der Waals surface area contributed by atoms with E-state index in [-0.39, 0.29) is 30.9 Å². The molecule has 47 heavy (non-hydrogen) atoms. The summed E-state index contributed by atoms with van der Waals surface area (Å²) in [4.78, 5) is 37.2. The molecule has 0 radical (unpaired) electrons. The average molecular weight is 685 g/mol. The van der Waals surface area contributed by atoms with Crippen LogP contribution in [0.4, 0.5) is 37.0 Å². The van der Waals surface area contributed by atoms with Crippen LogP contribution >= 0.6 is 11.3 Å². The number of halogens is 6. The number of anilines is 1. The lowest BCUT2D eigenvalue weighted by molar-refractivity contribution is -0.143. The van der Waals surface area contributed by atoms with Crippen LogP contribution in [0.5, 0.6) is 0 Å². The monoisotopic (exact) mass is 684 g/mol. The number of carboxylic acid groups (broad SMARTS) is 1. The van der Waals surface area contributed by atoms with Crippen LogP contribution in [0.25, 0.3) is 11.3 Å². The Morgan fingerprint density at radius 3 is 2.26 bits per heavy atom. The molecule has 1 amide bonds. The molecule has 1 N–H and O–H groups in total. The molecule has 5 rings (SSSR count). The number of rotatable bonds is 10. The van der Waals surface area contributed by atoms with Crippen molar-refractivity contribution in [3.8, 4) is 11.3 Å². The van der Waals surface area contributed by atoms with Gasteiger partial charge >= 0.3 is 24.4 Å². The van der Waals surface area contributed by atoms with Crippen LogP contribution in [0.1, 0.15) is 74.4 Å². The first kappa shape index (κ1) is 34.5. The standard InChI is InChI=1S/C32H34F6N4O4S/c1-3-41(15-20-6-4-19(5-7-20)10-27(43)44)29-26(40-25(14-39-29)21-8-9-47-17-21)16-42-18(2)28(46-30(42)45)22-11-23(31(33,34)35)13-24(12-22)32(36,37)38/h8-9,11-14,17-20,28H,3-7,10,15-16H2,1-2H3,(H,43,44)/t18-,19?,20?,28-/m0/s1. The van der Waals surface area contributed by atoms with Gasteiger partial charge in [-0.3, -0.25) is 9.69 Å². The maximum Gasteiger partial charge on any atom is 0.416 e. The molecule has 1 aliphatic heterocycles. The van der Waals surface area contributed by atoms with Gasteiger partial charge in [0.15, 0.2) is 5.82 Å². The van der Waals surface area contributed by atoms with Crippen molar-refractivity contribution < 1.29 is 45.8 Å². The summed E-state index contributed by atoms with van der Waals surface area (Å²) in [6.07, 6.45) is -7.33. The van der Waals surface area contributed by atoms with Crippen LogP contribution in [-0.2, 0) is 28.4 Å². The van der Waals surface area contributed by atoms with Crippen LogP contribution in [-0.4, -0.2) is 51.2 Å². The highest BCUT2D eigenvalue weighted by molar-refractivity contribution is 7.08. The molecular weight excluding hydrogens is 650 g/mol. The average Bonchev–Trinajstić information content (AvgIpc) is 3.64. The van der Waals surface area contributed by atoms with E-state index in [1.807, 2.05) is 28.7 Å². The molecule has 2 aromatic heterocycles. The molecule has 1 saturated carbocycles. The number of carboxylic acids is 1. The fraction of sp³-hybridized carbons (Fsp3) is 0.500. The number of alkyl halides is 6. The first-order valence-corrected chi connectivity index (χ1v) is 16.2. The minimum absolute atomic E-state index is 0.0401. The Hall–Kier alpha value is -3.88. The minimum Gasteiger partial charge on any atom is -0.481 e. The fourth-order valence-electron chi connectivity index (χ4n) is 6.35. The number of carbonyl (C=O) groups excluding carboxylic acids is 1. The summed E-state index contributed by atoms with van der Waals surface area (Å²) in [5.74, 6) is 0.106. The van der Waals surface area contributed by atoms with Crippen molar-refractivity contribution in [2.24, 2.45) is 11.8 Å². The number of amides is 1. The summed E-state index contributed by atoms with van der Waals surface area (Å²) >= 11 is 1.46. The summed E-state index contributed by atoms with van der Waals surface area (Å²) in [6, 6.07) is 2.13. The third-order valence-corrected chi connectivity index (χ3v) is 9.56. The lowest BCUT2D eigenvalue weighted by Crippen LogP contribution is -2.36. The van der Waals surface area contributed by atoms with Gasteiger partial charge in [0.1, 0.15) is 11.8 Å². The highest BCUT2D eigenvalue weighted by atomic mass is 32.1. The Balaban J connectivity index is 1.43. The van der Waals surface area contributed by atoms with E-state index in [1.165, 1.54) is 23.2 Å². The van der Waals surface area contributed by atoms with Crippen molar-refractivity contribution >= 4 is 29.2 Å². The van der Waals surface area contributed by atoms with E-state index in [2.05, 4.69) is 0 Å². The van der Waals surface area contributed by atoms with E-state index in [1.54, 1.807) is 6.20 Å². The summed E-state index contributed by atoms with van der Waals surface area (Å²) in [5.41, 5.74) is -1.65. The fourth-order valence-corrected chi connectivity index (χ4v) is 7.00. The van der Waals surface area contributed by atoms with Crippen LogP contribution < -0.4 is 4.90 Å². The maximum absolute atomic E-state index is 13.6. The van der Waals surface area contributed by atoms with Gasteiger partial charge in [0.2, 0.25) is 0 Å². The number of hydrogen-bond acceptors (Lipinski definition) is 7. The lowest BCUT2D eigenvalue weighted by Gasteiger charge is -2.33. The predicted octanol–water partition coefficient (Wildman–Crippen LogP) is 8.43. The van der Waals surface area contributed by atoms with Gasteiger partial charge < -0.3 is 14.7 Å². The Kier molecular flexibility index (Phi) is 10.0. The zero-order valence-electron chi connectivity index (χ0n) is 25.6. The third-order valence-electron chi connectivity index (χ3n) is 8.88. The summed E-state index contributed by atoms with van der Waals surface area (Å²) in [6.45, 7) is 4.46. The summed E-state index contributed by atoms with van der Waals surface area (Å²) in [5, 5.41) is 12.9. The molecule has 1 saturated heterocycles. The molecule has 3 heterocycles. The van der Waals surface area contributed by atoms with Crippen molar-refractivity contribution in [3.05, 3.63) is 63.6 Å². The quantitative estimate of drug-likeness (QED) is 0.214. The Morgan fingerprint density at radius 2 is 1.70 bits per heavy atom. The molecule has 2 aliphatic rings. The third kappa shape index (κ3) is 7.99. The number of aromatic nitrogens is 2. The molecule has 3 aromatic rings. The van der Waals surface area contributed by atoms with E-state index < -0.39 is 53.3 Å². The number of carbonyl (C=O) groups is 2. The first-order chi connectivity index (χ1) is 22.1. The molecule has 0 unspecified atom stereocenters. The van der Waals surface area contributed by atoms with Gasteiger partial charge in [-0.1, -0.05) is 0 Å². The SMILES string of the molecule is CCN(CC1CCC(CC(=O)O)CC1)c1ncc(-c2ccsc2)nc1CN1C(=O)O[C@H](c2cc(C(F)(F)F)cc(C(F)(F)F)c2)[C@@H]1C. The van der Waals surface area contributed by atoms with Gasteiger partial charge in [-0.2, -0.15) is 37.7 Å². The van der Waals surface area contributed by atoms with E-state index in [4.69, 9.17) is 19.8 Å². The zero-order valence-corrected chi connectivity index (χ0v) is 26.5. The molecule has 2 fully saturated rings. The van der Waals surface area contributed by atoms with Crippen molar-refractivity contribution in [1.82, 2.24) is 14.9 Å². The molecule has 2 atom stereocenters. The van der Waals surface area contributed by atoms with Crippen LogP contribution in [0.15, 0.2) is 41.2 Å². The Bertz CT molecular complexity index is 1540. The predicted molar refractivity (Wildman–Crippen MR) is 162 cm³/mol. The number of benzene rings is 1. The maximum atomic E-state index is 13.6. The molecular formula is C32H34F6N4O4S. The van der Waals surface area contributed by atoms with Gasteiger partial charge in [-0.05, 0) is 86.6 Å². The minimum atomic E-state index is -5.05. The first-order valence-electron chi connectivity index (χ1n) is 15.3. The second kappa shape index (κ2) is 13.7. The number of aliphatic carboxylic acids is 1. The zero-order chi connectivity index (χ0) is 34.1. The number of ether oxygens (including phenoxy) is 1. The Labute approximate surface area is 271 Å². The van der Waals surface area contributed by atoms with E-state index in [0.717, 1.165) is 31.2 Å². The molecule has 0 spiro atoms. The van der Waals surface area contributed by atoms with Gasteiger partial charge in [-0.25, -0.2) is 14.8 Å². The second-order valence-electron chi connectivity index (χ2n) is 12.1. The van der Waals surface area contributed by atoms with E-state index in [0.29, 0.717) is 42.4 Å². The number of cyclic esters (lactones) is 1. The van der Waals surface area contributed by atoms with Gasteiger partial charge in [0.25, 0.3) is 0 Å². The van der Waals surface area contributed by atoms with Gasteiger partial charge in [0.05, 0.1) is 35.6 Å². The van der Waals surface area contributed by atoms with Crippen molar-refractivity contribution in [3.63, 3.8) is 0 Å². The summed E-state index contributed by atoms with van der Waals surface area (Å²) in [7, 11) is 0. The van der Waals surface area contributed by atoms with Crippen LogP contribution in [0.2, 0.25) is 0 Å². The van der Waals surface area contributed by atoms with E-state index >= 15 is 0 Å². The molecule has 254 valence electrons. The number of hydrogen-bond donors (Lipinski definition) is 1. The molecule has 1 aliphatic carbocycles. The number of thiophene rings is 1. The highest BCUT2D eigenvalue weighted by Gasteiger charge is 2.44. The van der Waals surface area contributed by atoms with Crippen molar-refractivity contribution in [2.45, 2.75) is 77.0 Å². The second-order valence-corrected chi connectivity index (χ2v) is 12.9. The Morgan fingerprint density at radius 1 is 1.06 bits per heavy atom.